The molecular formula is C14H19Cl2N3O2S. The maximum atomic E-state index is 12.0. The van der Waals surface area contributed by atoms with Crippen molar-refractivity contribution in [2.24, 2.45) is 0 Å². The van der Waals surface area contributed by atoms with Gasteiger partial charge in [-0.2, -0.15) is 0 Å². The van der Waals surface area contributed by atoms with Crippen LogP contribution in [0, 0.1) is 0 Å². The van der Waals surface area contributed by atoms with Crippen LogP contribution in [-0.2, 0) is 11.2 Å². The molecule has 1 aliphatic heterocycles. The highest BCUT2D eigenvalue weighted by Gasteiger charge is 2.16. The Kier molecular flexibility index (Phi) is 7.89. The van der Waals surface area contributed by atoms with Gasteiger partial charge in [0.1, 0.15) is 11.3 Å². The van der Waals surface area contributed by atoms with Crippen molar-refractivity contribution in [1.82, 2.24) is 15.6 Å². The number of hydrogen-bond acceptors (Lipinski definition) is 5. The number of nitrogens with one attached hydrogen (secondary N) is 2. The van der Waals surface area contributed by atoms with Crippen molar-refractivity contribution < 1.29 is 9.21 Å². The average Bonchev–Trinajstić information content (AvgIpc) is 3.10. The molecule has 1 aliphatic rings. The van der Waals surface area contributed by atoms with Crippen LogP contribution in [0.3, 0.4) is 0 Å². The van der Waals surface area contributed by atoms with Crippen LogP contribution in [0.15, 0.2) is 28.4 Å². The smallest absolute Gasteiger partial charge is 0.226 e. The van der Waals surface area contributed by atoms with Gasteiger partial charge in [-0.1, -0.05) is 0 Å². The third kappa shape index (κ3) is 4.98. The van der Waals surface area contributed by atoms with Gasteiger partial charge >= 0.3 is 0 Å². The number of nitrogens with zero attached hydrogens (tertiary/aromatic N) is 1. The molecule has 2 N–H and O–H groups in total. The van der Waals surface area contributed by atoms with Gasteiger partial charge < -0.3 is 15.1 Å². The number of carbonyl (C=O) groups is 1. The number of aromatic nitrogens is 1. The lowest BCUT2D eigenvalue weighted by atomic mass is 10.1. The number of rotatable bonds is 4. The SMILES string of the molecule is Cl.Cl.O=C(Cc1csc(-c2ccoc2)n1)NC1CCCNC1. The first-order chi connectivity index (χ1) is 9.81. The summed E-state index contributed by atoms with van der Waals surface area (Å²) < 4.78 is 5.04. The summed E-state index contributed by atoms with van der Waals surface area (Å²) in [6.07, 6.45) is 5.79. The van der Waals surface area contributed by atoms with E-state index in [1.165, 1.54) is 11.3 Å². The molecule has 1 amide bonds. The van der Waals surface area contributed by atoms with E-state index in [-0.39, 0.29) is 36.8 Å². The van der Waals surface area contributed by atoms with Gasteiger partial charge in [-0.3, -0.25) is 4.79 Å². The standard InChI is InChI=1S/C14H17N3O2S.2ClH/c18-13(16-11-2-1-4-15-7-11)6-12-9-20-14(17-12)10-3-5-19-8-10;;/h3,5,8-9,11,15H,1-2,4,6-7H2,(H,16,18);2*1H. The maximum Gasteiger partial charge on any atom is 0.226 e. The number of amides is 1. The molecular weight excluding hydrogens is 345 g/mol. The van der Waals surface area contributed by atoms with Crippen LogP contribution in [0.5, 0.6) is 0 Å². The van der Waals surface area contributed by atoms with Gasteiger partial charge in [0.15, 0.2) is 0 Å². The van der Waals surface area contributed by atoms with E-state index in [4.69, 9.17) is 4.42 Å². The van der Waals surface area contributed by atoms with Gasteiger partial charge in [-0.25, -0.2) is 4.98 Å². The molecule has 3 heterocycles. The first-order valence-corrected chi connectivity index (χ1v) is 7.66. The zero-order valence-corrected chi connectivity index (χ0v) is 14.4. The predicted molar refractivity (Wildman–Crippen MR) is 92.1 cm³/mol. The Morgan fingerprint density at radius 1 is 1.50 bits per heavy atom. The van der Waals surface area contributed by atoms with Crippen molar-refractivity contribution >= 4 is 42.1 Å². The summed E-state index contributed by atoms with van der Waals surface area (Å²) in [5, 5.41) is 9.17. The van der Waals surface area contributed by atoms with Gasteiger partial charge in [-0.15, -0.1) is 36.2 Å². The second-order valence-corrected chi connectivity index (χ2v) is 5.80. The minimum absolute atomic E-state index is 0. The molecule has 3 rings (SSSR count). The highest BCUT2D eigenvalue weighted by atomic mass is 35.5. The van der Waals surface area contributed by atoms with E-state index >= 15 is 0 Å². The Labute approximate surface area is 145 Å². The molecule has 1 atom stereocenters. The normalized spacial score (nSPS) is 17.2. The third-order valence-corrected chi connectivity index (χ3v) is 4.26. The highest BCUT2D eigenvalue weighted by molar-refractivity contribution is 7.13. The Morgan fingerprint density at radius 3 is 3.05 bits per heavy atom. The number of thiazole rings is 1. The average molecular weight is 364 g/mol. The van der Waals surface area contributed by atoms with Crippen LogP contribution >= 0.6 is 36.2 Å². The highest BCUT2D eigenvalue weighted by Crippen LogP contribution is 2.24. The fourth-order valence-electron chi connectivity index (χ4n) is 2.33. The molecule has 0 bridgehead atoms. The van der Waals surface area contributed by atoms with E-state index < -0.39 is 0 Å². The molecule has 0 spiro atoms. The molecule has 1 unspecified atom stereocenters. The van der Waals surface area contributed by atoms with Crippen molar-refractivity contribution in [2.45, 2.75) is 25.3 Å². The van der Waals surface area contributed by atoms with E-state index in [1.54, 1.807) is 12.5 Å². The second kappa shape index (κ2) is 9.15. The van der Waals surface area contributed by atoms with E-state index in [9.17, 15) is 4.79 Å². The topological polar surface area (TPSA) is 67.2 Å². The van der Waals surface area contributed by atoms with Crippen molar-refractivity contribution in [3.05, 3.63) is 29.7 Å². The Balaban J connectivity index is 0.00000121. The van der Waals surface area contributed by atoms with Crippen LogP contribution < -0.4 is 10.6 Å². The van der Waals surface area contributed by atoms with Crippen molar-refractivity contribution in [3.63, 3.8) is 0 Å². The van der Waals surface area contributed by atoms with E-state index in [1.807, 2.05) is 11.4 Å². The minimum atomic E-state index is 0. The molecule has 2 aromatic rings. The lowest BCUT2D eigenvalue weighted by Gasteiger charge is -2.23. The summed E-state index contributed by atoms with van der Waals surface area (Å²) in [5.74, 6) is 0.0442. The first-order valence-electron chi connectivity index (χ1n) is 6.78. The monoisotopic (exact) mass is 363 g/mol. The molecule has 8 heteroatoms. The molecule has 0 saturated carbocycles. The predicted octanol–water partition coefficient (Wildman–Crippen LogP) is 2.66. The fraction of sp³-hybridized carbons (Fsp3) is 0.429. The molecule has 0 radical (unpaired) electrons. The molecule has 0 aliphatic carbocycles. The molecule has 5 nitrogen and oxygen atoms in total. The van der Waals surface area contributed by atoms with E-state index in [0.29, 0.717) is 6.42 Å². The lowest BCUT2D eigenvalue weighted by Crippen LogP contribution is -2.46. The quantitative estimate of drug-likeness (QED) is 0.875. The molecule has 2 aromatic heterocycles. The minimum Gasteiger partial charge on any atom is -0.472 e. The summed E-state index contributed by atoms with van der Waals surface area (Å²) in [5.41, 5.74) is 1.77. The van der Waals surface area contributed by atoms with E-state index in [0.717, 1.165) is 42.2 Å². The van der Waals surface area contributed by atoms with Crippen LogP contribution in [-0.4, -0.2) is 30.0 Å². The Bertz CT molecular complexity index is 568. The van der Waals surface area contributed by atoms with Crippen LogP contribution in [0.4, 0.5) is 0 Å². The lowest BCUT2D eigenvalue weighted by molar-refractivity contribution is -0.121. The van der Waals surface area contributed by atoms with Gasteiger partial charge in [-0.05, 0) is 25.5 Å². The van der Waals surface area contributed by atoms with Crippen LogP contribution in [0.2, 0.25) is 0 Å². The molecule has 0 aromatic carbocycles. The second-order valence-electron chi connectivity index (χ2n) is 4.94. The van der Waals surface area contributed by atoms with Crippen LogP contribution in [0.1, 0.15) is 18.5 Å². The summed E-state index contributed by atoms with van der Waals surface area (Å²) in [4.78, 5) is 16.5. The summed E-state index contributed by atoms with van der Waals surface area (Å²) in [7, 11) is 0. The molecule has 1 fully saturated rings. The van der Waals surface area contributed by atoms with Crippen LogP contribution in [0.25, 0.3) is 10.6 Å². The summed E-state index contributed by atoms with van der Waals surface area (Å²) in [6, 6.07) is 2.12. The van der Waals surface area contributed by atoms with Gasteiger partial charge in [0.05, 0.1) is 18.4 Å². The van der Waals surface area contributed by atoms with E-state index in [2.05, 4.69) is 15.6 Å². The van der Waals surface area contributed by atoms with Gasteiger partial charge in [0.25, 0.3) is 0 Å². The van der Waals surface area contributed by atoms with Crippen molar-refractivity contribution in [2.75, 3.05) is 13.1 Å². The molecule has 122 valence electrons. The largest absolute Gasteiger partial charge is 0.472 e. The Hall–Kier alpha value is -1.08. The van der Waals surface area contributed by atoms with Gasteiger partial charge in [0.2, 0.25) is 5.91 Å². The number of hydrogen-bond donors (Lipinski definition) is 2. The number of furan rings is 1. The summed E-state index contributed by atoms with van der Waals surface area (Å²) >= 11 is 1.53. The number of piperidine rings is 1. The maximum absolute atomic E-state index is 12.0. The number of halogens is 2. The van der Waals surface area contributed by atoms with Crippen molar-refractivity contribution in [1.29, 1.82) is 0 Å². The van der Waals surface area contributed by atoms with Gasteiger partial charge in [0, 0.05) is 23.5 Å². The molecule has 1 saturated heterocycles. The Morgan fingerprint density at radius 2 is 2.36 bits per heavy atom. The zero-order chi connectivity index (χ0) is 13.8. The zero-order valence-electron chi connectivity index (χ0n) is 11.9. The summed E-state index contributed by atoms with van der Waals surface area (Å²) in [6.45, 7) is 1.91. The molecule has 22 heavy (non-hydrogen) atoms. The third-order valence-electron chi connectivity index (χ3n) is 3.32. The van der Waals surface area contributed by atoms with Crippen molar-refractivity contribution in [3.8, 4) is 10.6 Å². The number of carbonyl (C=O) groups excluding carboxylic acids is 1. The first kappa shape index (κ1) is 19.0. The fourth-order valence-corrected chi connectivity index (χ4v) is 3.13.